The summed E-state index contributed by atoms with van der Waals surface area (Å²) in [6, 6.07) is 22.2. The lowest BCUT2D eigenvalue weighted by atomic mass is 9.93. The SMILES string of the molecule is Cc1cccc(-c2ccc(-c3c(C)ccc4c3Cc3nc(C(C)C)ccc3-4)[n+](C)c2)c1. The highest BCUT2D eigenvalue weighted by molar-refractivity contribution is 5.84. The van der Waals surface area contributed by atoms with Gasteiger partial charge in [-0.15, -0.1) is 0 Å². The molecule has 154 valence electrons. The molecule has 2 heteroatoms. The minimum absolute atomic E-state index is 0.446. The van der Waals surface area contributed by atoms with Gasteiger partial charge in [0.15, 0.2) is 6.20 Å². The van der Waals surface area contributed by atoms with Crippen molar-refractivity contribution in [2.24, 2.45) is 7.05 Å². The second kappa shape index (κ2) is 7.46. The number of benzene rings is 2. The van der Waals surface area contributed by atoms with E-state index in [1.54, 1.807) is 0 Å². The zero-order valence-electron chi connectivity index (χ0n) is 19.0. The maximum atomic E-state index is 5.01. The first kappa shape index (κ1) is 19.7. The highest BCUT2D eigenvalue weighted by atomic mass is 14.9. The molecule has 4 aromatic rings. The van der Waals surface area contributed by atoms with Crippen molar-refractivity contribution in [1.82, 2.24) is 4.98 Å². The highest BCUT2D eigenvalue weighted by Gasteiger charge is 2.27. The second-order valence-corrected chi connectivity index (χ2v) is 9.13. The molecular weight excluding hydrogens is 376 g/mol. The molecule has 0 unspecified atom stereocenters. The van der Waals surface area contributed by atoms with Gasteiger partial charge in [-0.05, 0) is 54.2 Å². The Bertz CT molecular complexity index is 1310. The lowest BCUT2D eigenvalue weighted by Gasteiger charge is -2.12. The van der Waals surface area contributed by atoms with Crippen LogP contribution in [0.5, 0.6) is 0 Å². The molecule has 31 heavy (non-hydrogen) atoms. The third kappa shape index (κ3) is 3.37. The third-order valence-electron chi connectivity index (χ3n) is 6.48. The summed E-state index contributed by atoms with van der Waals surface area (Å²) < 4.78 is 2.27. The zero-order chi connectivity index (χ0) is 21.7. The van der Waals surface area contributed by atoms with Gasteiger partial charge < -0.3 is 0 Å². The van der Waals surface area contributed by atoms with E-state index in [1.165, 1.54) is 61.6 Å². The number of aromatic nitrogens is 2. The molecular formula is C29H29N2+. The van der Waals surface area contributed by atoms with Crippen molar-refractivity contribution in [3.63, 3.8) is 0 Å². The molecule has 0 N–H and O–H groups in total. The van der Waals surface area contributed by atoms with Crippen molar-refractivity contribution in [3.8, 4) is 33.5 Å². The fraction of sp³-hybridized carbons (Fsp3) is 0.241. The van der Waals surface area contributed by atoms with Crippen molar-refractivity contribution in [1.29, 1.82) is 0 Å². The highest BCUT2D eigenvalue weighted by Crippen LogP contribution is 2.42. The van der Waals surface area contributed by atoms with Crippen LogP contribution in [0.2, 0.25) is 0 Å². The van der Waals surface area contributed by atoms with Crippen molar-refractivity contribution in [2.45, 2.75) is 40.0 Å². The molecule has 0 spiro atoms. The Hall–Kier alpha value is -3.26. The van der Waals surface area contributed by atoms with Crippen LogP contribution in [0.4, 0.5) is 0 Å². The van der Waals surface area contributed by atoms with Gasteiger partial charge in [-0.2, -0.15) is 0 Å². The molecule has 0 bridgehead atoms. The topological polar surface area (TPSA) is 16.8 Å². The number of hydrogen-bond donors (Lipinski definition) is 0. The number of pyridine rings is 2. The van der Waals surface area contributed by atoms with Gasteiger partial charge in [0.1, 0.15) is 7.05 Å². The van der Waals surface area contributed by atoms with Gasteiger partial charge in [0.05, 0.1) is 11.3 Å². The monoisotopic (exact) mass is 405 g/mol. The Morgan fingerprint density at radius 2 is 1.68 bits per heavy atom. The Kier molecular flexibility index (Phi) is 4.74. The van der Waals surface area contributed by atoms with Crippen LogP contribution < -0.4 is 4.57 Å². The first-order chi connectivity index (χ1) is 14.9. The summed E-state index contributed by atoms with van der Waals surface area (Å²) in [7, 11) is 2.16. The van der Waals surface area contributed by atoms with Crippen LogP contribution in [0.25, 0.3) is 33.5 Å². The largest absolute Gasteiger partial charge is 0.257 e. The van der Waals surface area contributed by atoms with Crippen LogP contribution >= 0.6 is 0 Å². The molecule has 2 aromatic heterocycles. The summed E-state index contributed by atoms with van der Waals surface area (Å²) >= 11 is 0. The maximum absolute atomic E-state index is 5.01. The van der Waals surface area contributed by atoms with Crippen molar-refractivity contribution in [3.05, 3.63) is 94.9 Å². The molecule has 0 aliphatic heterocycles. The van der Waals surface area contributed by atoms with E-state index in [0.717, 1.165) is 6.42 Å². The fourth-order valence-corrected chi connectivity index (χ4v) is 4.81. The Morgan fingerprint density at radius 1 is 0.871 bits per heavy atom. The van der Waals surface area contributed by atoms with Gasteiger partial charge in [0.25, 0.3) is 0 Å². The van der Waals surface area contributed by atoms with E-state index in [-0.39, 0.29) is 0 Å². The molecule has 0 amide bonds. The van der Waals surface area contributed by atoms with Crippen molar-refractivity contribution < 1.29 is 4.57 Å². The van der Waals surface area contributed by atoms with Gasteiger partial charge >= 0.3 is 0 Å². The smallest absolute Gasteiger partial charge is 0.212 e. The predicted octanol–water partition coefficient (Wildman–Crippen LogP) is 6.55. The fourth-order valence-electron chi connectivity index (χ4n) is 4.81. The van der Waals surface area contributed by atoms with E-state index in [2.05, 4.69) is 106 Å². The number of rotatable bonds is 3. The van der Waals surface area contributed by atoms with Gasteiger partial charge in [0, 0.05) is 29.3 Å². The molecule has 0 atom stereocenters. The molecule has 2 heterocycles. The average Bonchev–Trinajstić information content (AvgIpc) is 3.12. The first-order valence-corrected chi connectivity index (χ1v) is 11.1. The van der Waals surface area contributed by atoms with Crippen molar-refractivity contribution >= 4 is 0 Å². The standard InChI is InChI=1S/C29H29N2/c1-18(2)26-13-12-24-23-11-9-20(4)29(25(23)16-27(24)30-26)28-14-10-22(17-31(28)5)21-8-6-7-19(3)15-21/h6-15,17-18H,16H2,1-5H3/q+1. The van der Waals surface area contributed by atoms with Crippen LogP contribution in [-0.4, -0.2) is 4.98 Å². The number of hydrogen-bond acceptors (Lipinski definition) is 1. The predicted molar refractivity (Wildman–Crippen MR) is 128 cm³/mol. The first-order valence-electron chi connectivity index (χ1n) is 11.1. The van der Waals surface area contributed by atoms with Gasteiger partial charge in [-0.1, -0.05) is 61.9 Å². The van der Waals surface area contributed by atoms with E-state index < -0.39 is 0 Å². The Balaban J connectivity index is 1.61. The van der Waals surface area contributed by atoms with Crippen LogP contribution in [0.1, 0.15) is 47.8 Å². The van der Waals surface area contributed by atoms with Gasteiger partial charge in [-0.3, -0.25) is 4.98 Å². The second-order valence-electron chi connectivity index (χ2n) is 9.13. The minimum Gasteiger partial charge on any atom is -0.257 e. The van der Waals surface area contributed by atoms with E-state index in [0.29, 0.717) is 5.92 Å². The third-order valence-corrected chi connectivity index (χ3v) is 6.48. The van der Waals surface area contributed by atoms with E-state index >= 15 is 0 Å². The van der Waals surface area contributed by atoms with E-state index in [4.69, 9.17) is 4.98 Å². The molecule has 0 fully saturated rings. The molecule has 2 nitrogen and oxygen atoms in total. The normalized spacial score (nSPS) is 12.2. The summed E-state index contributed by atoms with van der Waals surface area (Å²) in [5, 5.41) is 0. The summed E-state index contributed by atoms with van der Waals surface area (Å²) in [5.41, 5.74) is 14.1. The van der Waals surface area contributed by atoms with Crippen molar-refractivity contribution in [2.75, 3.05) is 0 Å². The summed E-state index contributed by atoms with van der Waals surface area (Å²) in [6.45, 7) is 8.79. The molecule has 1 aliphatic carbocycles. The lowest BCUT2D eigenvalue weighted by molar-refractivity contribution is -0.659. The molecule has 1 aliphatic rings. The van der Waals surface area contributed by atoms with Crippen LogP contribution in [0.15, 0.2) is 66.9 Å². The lowest BCUT2D eigenvalue weighted by Crippen LogP contribution is -2.31. The Morgan fingerprint density at radius 3 is 2.42 bits per heavy atom. The molecule has 5 rings (SSSR count). The summed E-state index contributed by atoms with van der Waals surface area (Å²) in [5.74, 6) is 0.446. The van der Waals surface area contributed by atoms with E-state index in [1.807, 2.05) is 0 Å². The molecule has 0 radical (unpaired) electrons. The Labute approximate surface area is 185 Å². The molecule has 0 saturated heterocycles. The van der Waals surface area contributed by atoms with Gasteiger partial charge in [0.2, 0.25) is 5.69 Å². The number of nitrogens with zero attached hydrogens (tertiary/aromatic N) is 2. The molecule has 0 saturated carbocycles. The molecule has 2 aromatic carbocycles. The summed E-state index contributed by atoms with van der Waals surface area (Å²) in [6.07, 6.45) is 3.15. The van der Waals surface area contributed by atoms with E-state index in [9.17, 15) is 0 Å². The number of aryl methyl sites for hydroxylation is 3. The summed E-state index contributed by atoms with van der Waals surface area (Å²) in [4.78, 5) is 5.01. The van der Waals surface area contributed by atoms with Crippen LogP contribution in [0, 0.1) is 13.8 Å². The minimum atomic E-state index is 0.446. The average molecular weight is 406 g/mol. The van der Waals surface area contributed by atoms with Gasteiger partial charge in [-0.25, -0.2) is 4.57 Å². The zero-order valence-corrected chi connectivity index (χ0v) is 19.0. The maximum Gasteiger partial charge on any atom is 0.212 e. The number of fused-ring (bicyclic) bond motifs is 3. The van der Waals surface area contributed by atoms with Crippen LogP contribution in [0.3, 0.4) is 0 Å². The quantitative estimate of drug-likeness (QED) is 0.311. The van der Waals surface area contributed by atoms with Crippen LogP contribution in [-0.2, 0) is 13.5 Å².